The van der Waals surface area contributed by atoms with Gasteiger partial charge in [-0.05, 0) is 70.6 Å². The smallest absolute Gasteiger partial charge is 0.220 e. The first kappa shape index (κ1) is 65.2. The molecule has 0 aliphatic carbocycles. The number of nitrogens with one attached hydrogen (secondary N) is 1. The van der Waals surface area contributed by atoms with E-state index in [1.165, 1.54) is 199 Å². The number of aliphatic hydroxyl groups is 5. The Bertz CT molecular complexity index is 1220. The molecule has 0 radical (unpaired) electrons. The molecular weight excluding hydrogens is 863 g/mol. The van der Waals surface area contributed by atoms with E-state index in [-0.39, 0.29) is 12.5 Å². The van der Waals surface area contributed by atoms with Crippen LogP contribution in [0.15, 0.2) is 48.6 Å². The van der Waals surface area contributed by atoms with E-state index in [1.807, 2.05) is 6.08 Å². The molecule has 69 heavy (non-hydrogen) atoms. The summed E-state index contributed by atoms with van der Waals surface area (Å²) in [7, 11) is 0. The summed E-state index contributed by atoms with van der Waals surface area (Å²) in [5.41, 5.74) is 0. The van der Waals surface area contributed by atoms with Gasteiger partial charge in [-0.2, -0.15) is 0 Å². The van der Waals surface area contributed by atoms with Gasteiger partial charge in [0.25, 0.3) is 0 Å². The summed E-state index contributed by atoms with van der Waals surface area (Å²) in [5.74, 6) is -0.189. The van der Waals surface area contributed by atoms with E-state index in [1.54, 1.807) is 6.08 Å². The number of hydrogen-bond acceptors (Lipinski definition) is 8. The number of carbonyl (C=O) groups is 1. The van der Waals surface area contributed by atoms with Crippen molar-refractivity contribution in [2.24, 2.45) is 0 Å². The Morgan fingerprint density at radius 3 is 1.22 bits per heavy atom. The lowest BCUT2D eigenvalue weighted by Crippen LogP contribution is -2.60. The highest BCUT2D eigenvalue weighted by atomic mass is 16.7. The summed E-state index contributed by atoms with van der Waals surface area (Å²) < 4.78 is 11.2. The van der Waals surface area contributed by atoms with E-state index >= 15 is 0 Å². The van der Waals surface area contributed by atoms with Crippen LogP contribution >= 0.6 is 0 Å². The van der Waals surface area contributed by atoms with Gasteiger partial charge in [-0.25, -0.2) is 0 Å². The van der Waals surface area contributed by atoms with Crippen LogP contribution in [0.2, 0.25) is 0 Å². The maximum Gasteiger partial charge on any atom is 0.220 e. The molecule has 1 amide bonds. The highest BCUT2D eigenvalue weighted by Crippen LogP contribution is 2.23. The number of amides is 1. The van der Waals surface area contributed by atoms with Crippen molar-refractivity contribution in [1.29, 1.82) is 0 Å². The van der Waals surface area contributed by atoms with E-state index < -0.39 is 49.5 Å². The molecule has 404 valence electrons. The third-order valence-electron chi connectivity index (χ3n) is 13.9. The molecule has 7 atom stereocenters. The van der Waals surface area contributed by atoms with Gasteiger partial charge in [0.05, 0.1) is 25.4 Å². The van der Waals surface area contributed by atoms with Gasteiger partial charge >= 0.3 is 0 Å². The molecule has 6 N–H and O–H groups in total. The van der Waals surface area contributed by atoms with Gasteiger partial charge in [0, 0.05) is 6.42 Å². The van der Waals surface area contributed by atoms with E-state index in [2.05, 4.69) is 55.6 Å². The average molecular weight is 975 g/mol. The Hall–Kier alpha value is -1.85. The lowest BCUT2D eigenvalue weighted by atomic mass is 9.99. The fourth-order valence-corrected chi connectivity index (χ4v) is 9.18. The molecule has 1 rings (SSSR count). The molecule has 0 aromatic rings. The predicted molar refractivity (Wildman–Crippen MR) is 290 cm³/mol. The van der Waals surface area contributed by atoms with Crippen molar-refractivity contribution in [3.63, 3.8) is 0 Å². The molecular formula is C60H111NO8. The Kier molecular flexibility index (Phi) is 47.0. The van der Waals surface area contributed by atoms with Crippen molar-refractivity contribution in [3.8, 4) is 0 Å². The largest absolute Gasteiger partial charge is 0.394 e. The summed E-state index contributed by atoms with van der Waals surface area (Å²) in [6.45, 7) is 3.76. The minimum atomic E-state index is -1.57. The molecule has 1 heterocycles. The van der Waals surface area contributed by atoms with Gasteiger partial charge in [0.1, 0.15) is 24.4 Å². The van der Waals surface area contributed by atoms with Crippen LogP contribution in [0, 0.1) is 0 Å². The SMILES string of the molecule is CCCCCCC/C=C/CC/C=C/CC/C=C/C(O)C(COC1OC(CO)C(O)C(O)C1O)NC(=O)CCCCCCCCCCCCCCCCC/C=C\CCCCCCCCCCCCCC. The predicted octanol–water partition coefficient (Wildman–Crippen LogP) is 14.5. The monoisotopic (exact) mass is 974 g/mol. The highest BCUT2D eigenvalue weighted by Gasteiger charge is 2.44. The molecule has 0 aromatic carbocycles. The van der Waals surface area contributed by atoms with Gasteiger partial charge in [0.2, 0.25) is 5.91 Å². The van der Waals surface area contributed by atoms with Crippen molar-refractivity contribution < 1.29 is 39.8 Å². The number of aliphatic hydroxyl groups excluding tert-OH is 5. The second-order valence-corrected chi connectivity index (χ2v) is 20.4. The minimum absolute atomic E-state index is 0.189. The number of unbranched alkanes of at least 4 members (excludes halogenated alkanes) is 34. The fraction of sp³-hybridized carbons (Fsp3) is 0.850. The first-order valence-corrected chi connectivity index (χ1v) is 29.4. The van der Waals surface area contributed by atoms with Crippen molar-refractivity contribution in [3.05, 3.63) is 48.6 Å². The second kappa shape index (κ2) is 49.7. The number of carbonyl (C=O) groups excluding carboxylic acids is 1. The molecule has 1 aliphatic heterocycles. The first-order chi connectivity index (χ1) is 33.8. The molecule has 9 nitrogen and oxygen atoms in total. The molecule has 9 heteroatoms. The number of hydrogen-bond donors (Lipinski definition) is 6. The van der Waals surface area contributed by atoms with E-state index in [0.717, 1.165) is 51.4 Å². The summed E-state index contributed by atoms with van der Waals surface area (Å²) in [5, 5.41) is 54.4. The second-order valence-electron chi connectivity index (χ2n) is 20.4. The maximum atomic E-state index is 13.0. The number of rotatable bonds is 50. The lowest BCUT2D eigenvalue weighted by Gasteiger charge is -2.40. The topological polar surface area (TPSA) is 149 Å². The minimum Gasteiger partial charge on any atom is -0.394 e. The Balaban J connectivity index is 2.16. The van der Waals surface area contributed by atoms with Crippen molar-refractivity contribution >= 4 is 5.91 Å². The van der Waals surface area contributed by atoms with Crippen LogP contribution in [0.3, 0.4) is 0 Å². The molecule has 0 aromatic heterocycles. The van der Waals surface area contributed by atoms with E-state index in [9.17, 15) is 30.3 Å². The van der Waals surface area contributed by atoms with Crippen LogP contribution in [0.25, 0.3) is 0 Å². The maximum absolute atomic E-state index is 13.0. The van der Waals surface area contributed by atoms with E-state index in [0.29, 0.717) is 6.42 Å². The Morgan fingerprint density at radius 2 is 0.826 bits per heavy atom. The fourth-order valence-electron chi connectivity index (χ4n) is 9.18. The van der Waals surface area contributed by atoms with Gasteiger partial charge in [-0.15, -0.1) is 0 Å². The highest BCUT2D eigenvalue weighted by molar-refractivity contribution is 5.76. The molecule has 0 bridgehead atoms. The molecule has 7 unspecified atom stereocenters. The van der Waals surface area contributed by atoms with Crippen LogP contribution in [0.5, 0.6) is 0 Å². The number of ether oxygens (including phenoxy) is 2. The summed E-state index contributed by atoms with van der Waals surface area (Å²) in [6.07, 6.45) is 59.1. The lowest BCUT2D eigenvalue weighted by molar-refractivity contribution is -0.302. The summed E-state index contributed by atoms with van der Waals surface area (Å²) in [6, 6.07) is -0.828. The standard InChI is InChI=1S/C60H111NO8/c1-3-5-7-9-11-13-15-17-19-20-21-22-23-24-25-26-27-28-29-30-31-32-33-34-36-38-40-42-44-46-48-50-56(64)61-53(52-68-60-59(67)58(66)57(65)55(51-62)69-60)54(63)49-47-45-43-41-39-37-35-18-16-14-12-10-8-6-4-2/h16,18,24-25,39,41,47,49,53-55,57-60,62-63,65-67H,3-15,17,19-23,26-38,40,42-46,48,50-52H2,1-2H3,(H,61,64)/b18-16+,25-24-,41-39+,49-47+. The van der Waals surface area contributed by atoms with Crippen LogP contribution in [0.1, 0.15) is 271 Å². The van der Waals surface area contributed by atoms with Gasteiger partial charge in [-0.1, -0.05) is 242 Å². The average Bonchev–Trinajstić information content (AvgIpc) is 3.35. The summed E-state index contributed by atoms with van der Waals surface area (Å²) in [4.78, 5) is 13.0. The summed E-state index contributed by atoms with van der Waals surface area (Å²) >= 11 is 0. The van der Waals surface area contributed by atoms with Gasteiger partial charge in [-0.3, -0.25) is 4.79 Å². The van der Waals surface area contributed by atoms with Gasteiger partial charge in [0.15, 0.2) is 6.29 Å². The third-order valence-corrected chi connectivity index (χ3v) is 13.9. The molecule has 1 saturated heterocycles. The van der Waals surface area contributed by atoms with Crippen LogP contribution < -0.4 is 5.32 Å². The zero-order valence-electron chi connectivity index (χ0n) is 44.8. The zero-order valence-corrected chi connectivity index (χ0v) is 44.8. The van der Waals surface area contributed by atoms with Gasteiger partial charge < -0.3 is 40.3 Å². The quantitative estimate of drug-likeness (QED) is 0.0261. The van der Waals surface area contributed by atoms with Crippen LogP contribution in [-0.2, 0) is 14.3 Å². The van der Waals surface area contributed by atoms with Crippen LogP contribution in [0.4, 0.5) is 0 Å². The third kappa shape index (κ3) is 39.4. The molecule has 0 spiro atoms. The van der Waals surface area contributed by atoms with Crippen molar-refractivity contribution in [2.45, 2.75) is 314 Å². The molecule has 0 saturated carbocycles. The Morgan fingerprint density at radius 1 is 0.478 bits per heavy atom. The first-order valence-electron chi connectivity index (χ1n) is 29.4. The van der Waals surface area contributed by atoms with Crippen molar-refractivity contribution in [1.82, 2.24) is 5.32 Å². The normalized spacial score (nSPS) is 19.8. The molecule has 1 fully saturated rings. The molecule has 1 aliphatic rings. The zero-order chi connectivity index (χ0) is 50.1. The van der Waals surface area contributed by atoms with Crippen LogP contribution in [-0.4, -0.2) is 87.5 Å². The van der Waals surface area contributed by atoms with Crippen molar-refractivity contribution in [2.75, 3.05) is 13.2 Å². The number of allylic oxidation sites excluding steroid dienone is 7. The Labute approximate surface area is 424 Å². The van der Waals surface area contributed by atoms with E-state index in [4.69, 9.17) is 9.47 Å².